The van der Waals surface area contributed by atoms with E-state index in [4.69, 9.17) is 5.41 Å². The van der Waals surface area contributed by atoms with Gasteiger partial charge in [0, 0.05) is 18.7 Å². The van der Waals surface area contributed by atoms with Gasteiger partial charge in [-0.05, 0) is 25.0 Å². The molecular weight excluding hydrogens is 216 g/mol. The second-order valence-corrected chi connectivity index (χ2v) is 4.34. The zero-order valence-electron chi connectivity index (χ0n) is 9.43. The smallest absolute Gasteiger partial charge is 0.132 e. The van der Waals surface area contributed by atoms with Crippen LogP contribution < -0.4 is 10.3 Å². The van der Waals surface area contributed by atoms with Gasteiger partial charge in [0.25, 0.3) is 0 Å². The monoisotopic (exact) mass is 230 g/mol. The van der Waals surface area contributed by atoms with Crippen molar-refractivity contribution in [1.29, 1.82) is 5.41 Å². The third-order valence-electron chi connectivity index (χ3n) is 3.21. The van der Waals surface area contributed by atoms with E-state index in [1.807, 2.05) is 6.07 Å². The SMILES string of the molecule is N=c1ccc(N2CCCC2)c2ncn(O)cc1-2. The van der Waals surface area contributed by atoms with Gasteiger partial charge >= 0.3 is 0 Å². The molecule has 1 fully saturated rings. The molecule has 0 amide bonds. The van der Waals surface area contributed by atoms with Gasteiger partial charge in [0.2, 0.25) is 0 Å². The summed E-state index contributed by atoms with van der Waals surface area (Å²) in [4.78, 5) is 6.53. The Kier molecular flexibility index (Phi) is 2.24. The molecule has 0 unspecified atom stereocenters. The molecule has 5 nitrogen and oxygen atoms in total. The minimum atomic E-state index is 0.388. The number of hydrogen-bond donors (Lipinski definition) is 2. The van der Waals surface area contributed by atoms with E-state index in [0.29, 0.717) is 10.9 Å². The molecule has 3 rings (SSSR count). The molecule has 88 valence electrons. The molecule has 3 aliphatic rings. The number of nitrogens with one attached hydrogen (secondary N) is 1. The molecule has 1 aliphatic carbocycles. The lowest BCUT2D eigenvalue weighted by Crippen LogP contribution is -2.21. The molecule has 0 atom stereocenters. The van der Waals surface area contributed by atoms with E-state index in [1.165, 1.54) is 25.4 Å². The van der Waals surface area contributed by atoms with Crippen molar-refractivity contribution >= 4 is 5.69 Å². The third kappa shape index (κ3) is 1.63. The highest BCUT2D eigenvalue weighted by atomic mass is 16.5. The molecule has 17 heavy (non-hydrogen) atoms. The molecule has 0 saturated carbocycles. The Morgan fingerprint density at radius 2 is 2.00 bits per heavy atom. The molecule has 0 aromatic heterocycles. The second kappa shape index (κ2) is 3.76. The first-order valence-corrected chi connectivity index (χ1v) is 5.75. The van der Waals surface area contributed by atoms with Crippen LogP contribution in [0.25, 0.3) is 11.3 Å². The summed E-state index contributed by atoms with van der Waals surface area (Å²) < 4.78 is 0.897. The summed E-state index contributed by atoms with van der Waals surface area (Å²) in [5, 5.41) is 17.6. The topological polar surface area (TPSA) is 65.1 Å². The minimum Gasteiger partial charge on any atom is -0.428 e. The van der Waals surface area contributed by atoms with E-state index < -0.39 is 0 Å². The van der Waals surface area contributed by atoms with E-state index in [2.05, 4.69) is 9.88 Å². The minimum absolute atomic E-state index is 0.388. The van der Waals surface area contributed by atoms with Gasteiger partial charge in [0.15, 0.2) is 0 Å². The summed E-state index contributed by atoms with van der Waals surface area (Å²) in [6.07, 6.45) is 5.31. The number of nitrogens with zero attached hydrogens (tertiary/aromatic N) is 3. The van der Waals surface area contributed by atoms with Crippen LogP contribution in [0.4, 0.5) is 5.69 Å². The van der Waals surface area contributed by atoms with Crippen molar-refractivity contribution in [2.75, 3.05) is 18.0 Å². The van der Waals surface area contributed by atoms with Gasteiger partial charge in [-0.1, -0.05) is 0 Å². The molecule has 0 radical (unpaired) electrons. The van der Waals surface area contributed by atoms with Crippen LogP contribution in [0, 0.1) is 5.41 Å². The number of rotatable bonds is 1. The van der Waals surface area contributed by atoms with Crippen LogP contribution in [0.3, 0.4) is 0 Å². The van der Waals surface area contributed by atoms with E-state index >= 15 is 0 Å². The van der Waals surface area contributed by atoms with Crippen molar-refractivity contribution in [3.05, 3.63) is 30.0 Å². The largest absolute Gasteiger partial charge is 0.428 e. The molecule has 0 spiro atoms. The molecule has 0 aromatic rings. The van der Waals surface area contributed by atoms with Crippen molar-refractivity contribution in [1.82, 2.24) is 9.71 Å². The predicted octanol–water partition coefficient (Wildman–Crippen LogP) is 1.30. The maximum absolute atomic E-state index is 9.37. The summed E-state index contributed by atoms with van der Waals surface area (Å²) in [7, 11) is 0. The number of fused-ring (bicyclic) bond motifs is 1. The molecule has 1 saturated heterocycles. The van der Waals surface area contributed by atoms with Gasteiger partial charge in [-0.15, -0.1) is 0 Å². The lowest BCUT2D eigenvalue weighted by Gasteiger charge is -2.21. The molecule has 2 aliphatic heterocycles. The Morgan fingerprint density at radius 1 is 1.24 bits per heavy atom. The Morgan fingerprint density at radius 3 is 2.76 bits per heavy atom. The van der Waals surface area contributed by atoms with Gasteiger partial charge < -0.3 is 15.5 Å². The lowest BCUT2D eigenvalue weighted by molar-refractivity contribution is 0.181. The average molecular weight is 230 g/mol. The summed E-state index contributed by atoms with van der Waals surface area (Å²) in [6, 6.07) is 3.71. The van der Waals surface area contributed by atoms with Gasteiger partial charge in [0.1, 0.15) is 6.33 Å². The van der Waals surface area contributed by atoms with Gasteiger partial charge in [0.05, 0.1) is 22.9 Å². The van der Waals surface area contributed by atoms with Crippen LogP contribution >= 0.6 is 0 Å². The highest BCUT2D eigenvalue weighted by Crippen LogP contribution is 2.29. The maximum Gasteiger partial charge on any atom is 0.132 e. The highest BCUT2D eigenvalue weighted by Gasteiger charge is 2.19. The van der Waals surface area contributed by atoms with Gasteiger partial charge in [-0.2, -0.15) is 4.73 Å². The van der Waals surface area contributed by atoms with E-state index in [1.54, 1.807) is 6.07 Å². The van der Waals surface area contributed by atoms with Crippen molar-refractivity contribution in [3.63, 3.8) is 0 Å². The predicted molar refractivity (Wildman–Crippen MR) is 63.3 cm³/mol. The van der Waals surface area contributed by atoms with Crippen molar-refractivity contribution < 1.29 is 5.21 Å². The van der Waals surface area contributed by atoms with Crippen LogP contribution in [0.2, 0.25) is 0 Å². The molecule has 2 heterocycles. The normalized spacial score (nSPS) is 15.6. The fourth-order valence-corrected chi connectivity index (χ4v) is 2.36. The first kappa shape index (κ1) is 10.1. The van der Waals surface area contributed by atoms with Crippen molar-refractivity contribution in [3.8, 4) is 11.3 Å². The molecule has 5 heteroatoms. The summed E-state index contributed by atoms with van der Waals surface area (Å²) in [5.41, 5.74) is 2.54. The standard InChI is InChI=1S/C12H14N4O/c13-10-3-4-11(15-5-1-2-6-15)12-9(10)7-16(17)8-14-12/h3-4,7-8,13,17H,1-2,5-6H2. The number of anilines is 1. The summed E-state index contributed by atoms with van der Waals surface area (Å²) >= 11 is 0. The second-order valence-electron chi connectivity index (χ2n) is 4.34. The Labute approximate surface area is 98.8 Å². The zero-order chi connectivity index (χ0) is 11.8. The van der Waals surface area contributed by atoms with Crippen LogP contribution in [-0.4, -0.2) is 28.0 Å². The van der Waals surface area contributed by atoms with Crippen LogP contribution in [-0.2, 0) is 0 Å². The quantitative estimate of drug-likeness (QED) is 0.726. The van der Waals surface area contributed by atoms with E-state index in [0.717, 1.165) is 29.2 Å². The van der Waals surface area contributed by atoms with Gasteiger partial charge in [-0.25, -0.2) is 4.98 Å². The Balaban J connectivity index is 2.20. The van der Waals surface area contributed by atoms with Crippen molar-refractivity contribution in [2.24, 2.45) is 0 Å². The molecule has 0 bridgehead atoms. The first-order chi connectivity index (χ1) is 8.25. The number of hydrogen-bond acceptors (Lipinski definition) is 4. The maximum atomic E-state index is 9.37. The first-order valence-electron chi connectivity index (χ1n) is 5.75. The lowest BCUT2D eigenvalue weighted by atomic mass is 10.1. The van der Waals surface area contributed by atoms with Gasteiger partial charge in [-0.3, -0.25) is 0 Å². The summed E-state index contributed by atoms with van der Waals surface area (Å²) in [6.45, 7) is 2.09. The zero-order valence-corrected chi connectivity index (χ0v) is 9.43. The molecule has 0 aromatic carbocycles. The van der Waals surface area contributed by atoms with Crippen LogP contribution in [0.15, 0.2) is 24.7 Å². The number of aromatic nitrogens is 2. The fraction of sp³-hybridized carbons (Fsp3) is 0.333. The Hall–Kier alpha value is -2.04. The Bertz CT molecular complexity index is 571. The van der Waals surface area contributed by atoms with Crippen LogP contribution in [0.1, 0.15) is 12.8 Å². The van der Waals surface area contributed by atoms with Crippen molar-refractivity contribution in [2.45, 2.75) is 12.8 Å². The number of benzene rings is 1. The highest BCUT2D eigenvalue weighted by molar-refractivity contribution is 5.75. The molecule has 2 N–H and O–H groups in total. The summed E-state index contributed by atoms with van der Waals surface area (Å²) in [5.74, 6) is 0. The third-order valence-corrected chi connectivity index (χ3v) is 3.21. The van der Waals surface area contributed by atoms with E-state index in [9.17, 15) is 5.21 Å². The van der Waals surface area contributed by atoms with E-state index in [-0.39, 0.29) is 0 Å². The average Bonchev–Trinajstić information content (AvgIpc) is 2.84. The fourth-order valence-electron chi connectivity index (χ4n) is 2.36. The van der Waals surface area contributed by atoms with Crippen LogP contribution in [0.5, 0.6) is 0 Å². The molecular formula is C12H14N4O.